The van der Waals surface area contributed by atoms with Gasteiger partial charge >= 0.3 is 0 Å². The van der Waals surface area contributed by atoms with Crippen LogP contribution in [-0.2, 0) is 6.54 Å². The Hall–Kier alpha value is -1.91. The van der Waals surface area contributed by atoms with Gasteiger partial charge in [-0.05, 0) is 41.3 Å². The van der Waals surface area contributed by atoms with Crippen molar-refractivity contribution in [3.8, 4) is 11.4 Å². The van der Waals surface area contributed by atoms with Gasteiger partial charge in [0.25, 0.3) is 0 Å². The Morgan fingerprint density at radius 3 is 2.84 bits per heavy atom. The molecule has 0 atom stereocenters. The van der Waals surface area contributed by atoms with E-state index in [1.807, 2.05) is 28.9 Å². The summed E-state index contributed by atoms with van der Waals surface area (Å²) in [5, 5.41) is 12.1. The Bertz CT molecular complexity index is 542. The molecule has 2 aromatic rings. The van der Waals surface area contributed by atoms with Gasteiger partial charge in [-0.25, -0.2) is 4.68 Å². The van der Waals surface area contributed by atoms with Crippen molar-refractivity contribution in [2.45, 2.75) is 38.6 Å². The summed E-state index contributed by atoms with van der Waals surface area (Å²) in [6.07, 6.45) is 6.61. The number of anilines is 1. The Morgan fingerprint density at radius 1 is 1.21 bits per heavy atom. The fourth-order valence-corrected chi connectivity index (χ4v) is 2.83. The number of rotatable bonds is 3. The molecule has 0 amide bonds. The highest BCUT2D eigenvalue weighted by atomic mass is 15.5. The average Bonchev–Trinajstić information content (AvgIpc) is 2.88. The third-order valence-corrected chi connectivity index (χ3v) is 3.83. The zero-order valence-electron chi connectivity index (χ0n) is 11.0. The summed E-state index contributed by atoms with van der Waals surface area (Å²) in [4.78, 5) is 0. The lowest BCUT2D eigenvalue weighted by Gasteiger charge is -2.21. The fraction of sp³-hybridized carbons (Fsp3) is 0.500. The van der Waals surface area contributed by atoms with Crippen molar-refractivity contribution in [1.29, 1.82) is 0 Å². The molecule has 1 fully saturated rings. The summed E-state index contributed by atoms with van der Waals surface area (Å²) in [7, 11) is 0. The maximum atomic E-state index is 5.82. The summed E-state index contributed by atoms with van der Waals surface area (Å²) >= 11 is 0. The molecule has 5 heteroatoms. The van der Waals surface area contributed by atoms with E-state index in [1.54, 1.807) is 0 Å². The molecule has 100 valence electrons. The van der Waals surface area contributed by atoms with Crippen LogP contribution in [0.15, 0.2) is 24.3 Å². The second-order valence-corrected chi connectivity index (χ2v) is 5.31. The minimum absolute atomic E-state index is 0.706. The summed E-state index contributed by atoms with van der Waals surface area (Å²) in [5.74, 6) is 1.52. The van der Waals surface area contributed by atoms with Crippen LogP contribution in [0.2, 0.25) is 0 Å². The first-order chi connectivity index (χ1) is 9.33. The number of hydrogen-bond acceptors (Lipinski definition) is 4. The summed E-state index contributed by atoms with van der Waals surface area (Å²) in [6, 6.07) is 7.73. The van der Waals surface area contributed by atoms with E-state index in [9.17, 15) is 0 Å². The van der Waals surface area contributed by atoms with E-state index in [0.29, 0.717) is 5.92 Å². The second kappa shape index (κ2) is 5.38. The van der Waals surface area contributed by atoms with Crippen molar-refractivity contribution in [2.75, 3.05) is 5.73 Å². The minimum Gasteiger partial charge on any atom is -0.399 e. The highest BCUT2D eigenvalue weighted by Gasteiger charge is 2.17. The largest absolute Gasteiger partial charge is 0.399 e. The van der Waals surface area contributed by atoms with Gasteiger partial charge in [-0.1, -0.05) is 31.4 Å². The molecule has 1 aromatic heterocycles. The van der Waals surface area contributed by atoms with Gasteiger partial charge in [0, 0.05) is 17.8 Å². The van der Waals surface area contributed by atoms with E-state index in [2.05, 4.69) is 15.5 Å². The van der Waals surface area contributed by atoms with Crippen molar-refractivity contribution in [2.24, 2.45) is 5.92 Å². The minimum atomic E-state index is 0.706. The van der Waals surface area contributed by atoms with Crippen LogP contribution in [0.3, 0.4) is 0 Å². The topological polar surface area (TPSA) is 69.6 Å². The Morgan fingerprint density at radius 2 is 2.05 bits per heavy atom. The lowest BCUT2D eigenvalue weighted by molar-refractivity contribution is 0.307. The lowest BCUT2D eigenvalue weighted by Crippen LogP contribution is -2.16. The van der Waals surface area contributed by atoms with Crippen molar-refractivity contribution in [3.63, 3.8) is 0 Å². The molecule has 0 aliphatic heterocycles. The molecule has 1 aromatic carbocycles. The second-order valence-electron chi connectivity index (χ2n) is 5.31. The summed E-state index contributed by atoms with van der Waals surface area (Å²) in [5.41, 5.74) is 7.55. The Kier molecular flexibility index (Phi) is 3.44. The monoisotopic (exact) mass is 257 g/mol. The van der Waals surface area contributed by atoms with Gasteiger partial charge in [-0.15, -0.1) is 5.10 Å². The molecule has 3 rings (SSSR count). The zero-order chi connectivity index (χ0) is 13.1. The number of nitrogens with two attached hydrogens (primary N) is 1. The molecule has 0 radical (unpaired) electrons. The van der Waals surface area contributed by atoms with E-state index >= 15 is 0 Å². The maximum Gasteiger partial charge on any atom is 0.182 e. The van der Waals surface area contributed by atoms with Crippen molar-refractivity contribution in [3.05, 3.63) is 24.3 Å². The highest BCUT2D eigenvalue weighted by molar-refractivity contribution is 5.60. The normalized spacial score (nSPS) is 16.6. The predicted octanol–water partition coefficient (Wildman–Crippen LogP) is 2.50. The van der Waals surface area contributed by atoms with Crippen LogP contribution in [0.25, 0.3) is 11.4 Å². The van der Waals surface area contributed by atoms with E-state index in [1.165, 1.54) is 32.1 Å². The fourth-order valence-electron chi connectivity index (χ4n) is 2.83. The van der Waals surface area contributed by atoms with Crippen molar-refractivity contribution in [1.82, 2.24) is 20.2 Å². The van der Waals surface area contributed by atoms with Crippen LogP contribution < -0.4 is 5.73 Å². The lowest BCUT2D eigenvalue weighted by atomic mass is 9.89. The van der Waals surface area contributed by atoms with Gasteiger partial charge in [0.1, 0.15) is 0 Å². The Balaban J connectivity index is 1.81. The molecule has 2 N–H and O–H groups in total. The van der Waals surface area contributed by atoms with Gasteiger partial charge in [0.15, 0.2) is 5.82 Å². The number of benzene rings is 1. The highest BCUT2D eigenvalue weighted by Crippen LogP contribution is 2.26. The van der Waals surface area contributed by atoms with Gasteiger partial charge in [-0.2, -0.15) is 0 Å². The van der Waals surface area contributed by atoms with Gasteiger partial charge < -0.3 is 5.73 Å². The Labute approximate surface area is 112 Å². The SMILES string of the molecule is Nc1cccc(-c2nnnn2CC2CCCCC2)c1. The van der Waals surface area contributed by atoms with Crippen LogP contribution in [0.4, 0.5) is 5.69 Å². The molecule has 1 heterocycles. The summed E-state index contributed by atoms with van der Waals surface area (Å²) in [6.45, 7) is 0.914. The molecule has 1 saturated carbocycles. The smallest absolute Gasteiger partial charge is 0.182 e. The van der Waals surface area contributed by atoms with E-state index < -0.39 is 0 Å². The van der Waals surface area contributed by atoms with Gasteiger partial charge in [0.05, 0.1) is 0 Å². The number of tetrazole rings is 1. The first-order valence-corrected chi connectivity index (χ1v) is 6.95. The molecule has 0 unspecified atom stereocenters. The first-order valence-electron chi connectivity index (χ1n) is 6.95. The van der Waals surface area contributed by atoms with E-state index in [4.69, 9.17) is 5.73 Å². The summed E-state index contributed by atoms with van der Waals surface area (Å²) < 4.78 is 1.92. The number of nitrogen functional groups attached to an aromatic ring is 1. The molecular formula is C14H19N5. The number of hydrogen-bond donors (Lipinski definition) is 1. The molecular weight excluding hydrogens is 238 g/mol. The van der Waals surface area contributed by atoms with Crippen LogP contribution in [0.5, 0.6) is 0 Å². The number of aromatic nitrogens is 4. The van der Waals surface area contributed by atoms with Crippen molar-refractivity contribution >= 4 is 5.69 Å². The van der Waals surface area contributed by atoms with Crippen molar-refractivity contribution < 1.29 is 0 Å². The molecule has 1 aliphatic rings. The van der Waals surface area contributed by atoms with Gasteiger partial charge in [-0.3, -0.25) is 0 Å². The zero-order valence-corrected chi connectivity index (χ0v) is 11.0. The molecule has 0 saturated heterocycles. The average molecular weight is 257 g/mol. The number of nitrogens with zero attached hydrogens (tertiary/aromatic N) is 4. The van der Waals surface area contributed by atoms with Crippen LogP contribution in [0.1, 0.15) is 32.1 Å². The van der Waals surface area contributed by atoms with Crippen LogP contribution >= 0.6 is 0 Å². The predicted molar refractivity (Wildman–Crippen MR) is 74.2 cm³/mol. The third kappa shape index (κ3) is 2.75. The first kappa shape index (κ1) is 12.1. The molecule has 19 heavy (non-hydrogen) atoms. The molecule has 5 nitrogen and oxygen atoms in total. The molecule has 0 bridgehead atoms. The van der Waals surface area contributed by atoms with E-state index in [0.717, 1.165) is 23.6 Å². The maximum absolute atomic E-state index is 5.82. The van der Waals surface area contributed by atoms with E-state index in [-0.39, 0.29) is 0 Å². The third-order valence-electron chi connectivity index (χ3n) is 3.83. The van der Waals surface area contributed by atoms with Gasteiger partial charge in [0.2, 0.25) is 0 Å². The molecule has 1 aliphatic carbocycles. The van der Waals surface area contributed by atoms with Crippen LogP contribution in [0, 0.1) is 5.92 Å². The standard InChI is InChI=1S/C14H19N5/c15-13-8-4-7-12(9-13)14-16-17-18-19(14)10-11-5-2-1-3-6-11/h4,7-9,11H,1-3,5-6,10,15H2. The quantitative estimate of drug-likeness (QED) is 0.858. The van der Waals surface area contributed by atoms with Crippen LogP contribution in [-0.4, -0.2) is 20.2 Å². The molecule has 0 spiro atoms.